The molecule has 0 bridgehead atoms. The number of carbonyl (C=O) groups excluding carboxylic acids is 2. The number of aliphatic hydroxyl groups excluding tert-OH is 1. The van der Waals surface area contributed by atoms with Crippen LogP contribution in [-0.2, 0) is 28.5 Å². The quantitative estimate of drug-likeness (QED) is 0.593. The number of nitrogens with one attached hydrogen (secondary N) is 1. The molecule has 2 N–H and O–H groups in total. The minimum absolute atomic E-state index is 0.0561. The lowest BCUT2D eigenvalue weighted by Gasteiger charge is -2.44. The number of amides is 1. The van der Waals surface area contributed by atoms with Gasteiger partial charge in [-0.1, -0.05) is 60.3 Å². The molecule has 0 saturated carbocycles. The maximum absolute atomic E-state index is 13.0. The molecule has 10 heteroatoms. The molecule has 0 aliphatic carbocycles. The lowest BCUT2D eigenvalue weighted by atomic mass is 9.90. The van der Waals surface area contributed by atoms with E-state index < -0.39 is 53.7 Å². The van der Waals surface area contributed by atoms with Gasteiger partial charge in [0, 0.05) is 16.9 Å². The predicted molar refractivity (Wildman–Crippen MR) is 120 cm³/mol. The van der Waals surface area contributed by atoms with Crippen molar-refractivity contribution in [2.75, 3.05) is 13.7 Å². The Kier molecular flexibility index (Phi) is 6.50. The van der Waals surface area contributed by atoms with E-state index in [0.717, 1.165) is 22.2 Å². The molecule has 7 atom stereocenters. The normalized spacial score (nSPS) is 33.5. The number of ether oxygens (including phenoxy) is 5. The molecule has 0 spiro atoms. The summed E-state index contributed by atoms with van der Waals surface area (Å²) in [6.45, 7) is 0.115. The number of aliphatic hydroxyl groups is 1. The second-order valence-electron chi connectivity index (χ2n) is 8.30. The monoisotopic (exact) mass is 487 g/mol. The number of esters is 1. The number of rotatable bonds is 6. The molecule has 0 radical (unpaired) electrons. The van der Waals surface area contributed by atoms with Gasteiger partial charge in [-0.15, -0.1) is 0 Å². The highest BCUT2D eigenvalue weighted by atomic mass is 32.2. The van der Waals surface area contributed by atoms with Crippen LogP contribution in [0.3, 0.4) is 0 Å². The van der Waals surface area contributed by atoms with E-state index in [4.69, 9.17) is 23.7 Å². The summed E-state index contributed by atoms with van der Waals surface area (Å²) in [5.41, 5.74) is 0.820. The number of carbonyl (C=O) groups is 2. The highest BCUT2D eigenvalue weighted by Crippen LogP contribution is 2.46. The molecule has 34 heavy (non-hydrogen) atoms. The van der Waals surface area contributed by atoms with Gasteiger partial charge >= 0.3 is 12.1 Å². The van der Waals surface area contributed by atoms with Crippen LogP contribution in [0.5, 0.6) is 0 Å². The number of thioether (sulfide) groups is 1. The summed E-state index contributed by atoms with van der Waals surface area (Å²) in [6.07, 6.45) is -4.90. The molecule has 3 aliphatic rings. The van der Waals surface area contributed by atoms with Crippen LogP contribution in [0.4, 0.5) is 4.79 Å². The van der Waals surface area contributed by atoms with Gasteiger partial charge in [-0.05, 0) is 12.1 Å². The Hall–Kier alpha value is -2.63. The molecule has 180 valence electrons. The molecule has 2 aromatic rings. The van der Waals surface area contributed by atoms with E-state index in [-0.39, 0.29) is 13.0 Å². The summed E-state index contributed by atoms with van der Waals surface area (Å²) in [6, 6.07) is 17.9. The fraction of sp³-hybridized carbons (Fsp3) is 0.417. The molecule has 3 fully saturated rings. The van der Waals surface area contributed by atoms with Crippen molar-refractivity contribution in [2.45, 2.75) is 53.0 Å². The third-order valence-corrected chi connectivity index (χ3v) is 7.38. The lowest BCUT2D eigenvalue weighted by molar-refractivity contribution is -0.199. The first-order valence-electron chi connectivity index (χ1n) is 11.0. The van der Waals surface area contributed by atoms with Crippen molar-refractivity contribution in [3.63, 3.8) is 0 Å². The average Bonchev–Trinajstić information content (AvgIpc) is 3.50. The van der Waals surface area contributed by atoms with E-state index in [1.165, 1.54) is 7.11 Å². The standard InChI is InChI=1S/C24H25NO8S/c1-29-22(27)24(34-15-10-6-3-7-11-15)12-16-18(25-23(28)32-16)20(33-24)19(26)17-13-30-21(31-17)14-8-4-2-5-9-14/h2-11,16-21,26H,12-13H2,1H3,(H,25,28)/t16-,17+,18+,19+,20+,21?,24+/m0/s1. The number of alkyl carbamates (subject to hydrolysis) is 1. The van der Waals surface area contributed by atoms with E-state index in [0.29, 0.717) is 0 Å². The lowest BCUT2D eigenvalue weighted by Crippen LogP contribution is -2.63. The van der Waals surface area contributed by atoms with Crippen LogP contribution in [0.25, 0.3) is 0 Å². The summed E-state index contributed by atoms with van der Waals surface area (Å²) in [5, 5.41) is 14.0. The van der Waals surface area contributed by atoms with Crippen molar-refractivity contribution in [2.24, 2.45) is 0 Å². The first kappa shape index (κ1) is 23.1. The van der Waals surface area contributed by atoms with Gasteiger partial charge in [0.25, 0.3) is 0 Å². The summed E-state index contributed by atoms with van der Waals surface area (Å²) in [4.78, 5) is 24.3. The molecular weight excluding hydrogens is 462 g/mol. The highest BCUT2D eigenvalue weighted by molar-refractivity contribution is 8.01. The molecule has 0 aromatic heterocycles. The smallest absolute Gasteiger partial charge is 0.407 e. The summed E-state index contributed by atoms with van der Waals surface area (Å²) >= 11 is 1.16. The molecule has 1 amide bonds. The minimum atomic E-state index is -1.53. The van der Waals surface area contributed by atoms with Crippen molar-refractivity contribution < 1.29 is 38.4 Å². The van der Waals surface area contributed by atoms with Crippen molar-refractivity contribution in [1.82, 2.24) is 5.32 Å². The third-order valence-electron chi connectivity index (χ3n) is 6.12. The van der Waals surface area contributed by atoms with E-state index in [1.807, 2.05) is 60.7 Å². The van der Waals surface area contributed by atoms with Crippen LogP contribution in [-0.4, -0.2) is 66.3 Å². The van der Waals surface area contributed by atoms with E-state index >= 15 is 0 Å². The third kappa shape index (κ3) is 4.39. The Labute approximate surface area is 200 Å². The molecule has 3 heterocycles. The zero-order chi connectivity index (χ0) is 23.7. The SMILES string of the molecule is COC(=O)[C@]1(Sc2ccccc2)C[C@@H]2OC(=O)N[C@H]2[C@H]([C@H](O)[C@H]2COC(c3ccccc3)O2)O1. The Bertz CT molecular complexity index is 1020. The van der Waals surface area contributed by atoms with Crippen molar-refractivity contribution in [1.29, 1.82) is 0 Å². The maximum Gasteiger partial charge on any atom is 0.407 e. The summed E-state index contributed by atoms with van der Waals surface area (Å²) in [5.74, 6) is -0.634. The minimum Gasteiger partial charge on any atom is -0.466 e. The predicted octanol–water partition coefficient (Wildman–Crippen LogP) is 2.39. The van der Waals surface area contributed by atoms with Gasteiger partial charge in [0.1, 0.15) is 24.4 Å². The average molecular weight is 488 g/mol. The second-order valence-corrected chi connectivity index (χ2v) is 9.64. The Balaban J connectivity index is 1.41. The van der Waals surface area contributed by atoms with Gasteiger partial charge < -0.3 is 34.1 Å². The number of hydrogen-bond donors (Lipinski definition) is 2. The highest BCUT2D eigenvalue weighted by Gasteiger charge is 2.60. The van der Waals surface area contributed by atoms with Crippen LogP contribution < -0.4 is 5.32 Å². The van der Waals surface area contributed by atoms with Gasteiger partial charge in [-0.2, -0.15) is 0 Å². The number of hydrogen-bond acceptors (Lipinski definition) is 9. The van der Waals surface area contributed by atoms with Crippen molar-refractivity contribution >= 4 is 23.8 Å². The van der Waals surface area contributed by atoms with Gasteiger partial charge in [-0.25, -0.2) is 9.59 Å². The molecule has 5 rings (SSSR count). The Morgan fingerprint density at radius 2 is 1.88 bits per heavy atom. The maximum atomic E-state index is 13.0. The first-order valence-corrected chi connectivity index (χ1v) is 11.8. The summed E-state index contributed by atoms with van der Waals surface area (Å²) < 4.78 is 28.6. The summed E-state index contributed by atoms with van der Waals surface area (Å²) in [7, 11) is 1.27. The van der Waals surface area contributed by atoms with E-state index in [1.54, 1.807) is 0 Å². The van der Waals surface area contributed by atoms with Crippen molar-refractivity contribution in [3.05, 3.63) is 66.2 Å². The van der Waals surface area contributed by atoms with Crippen LogP contribution in [0.2, 0.25) is 0 Å². The zero-order valence-electron chi connectivity index (χ0n) is 18.4. The van der Waals surface area contributed by atoms with Crippen LogP contribution in [0, 0.1) is 0 Å². The van der Waals surface area contributed by atoms with Gasteiger partial charge in [-0.3, -0.25) is 0 Å². The fourth-order valence-electron chi connectivity index (χ4n) is 4.49. The van der Waals surface area contributed by atoms with E-state index in [2.05, 4.69) is 5.32 Å². The molecular formula is C24H25NO8S. The number of fused-ring (bicyclic) bond motifs is 1. The zero-order valence-corrected chi connectivity index (χ0v) is 19.2. The molecule has 9 nitrogen and oxygen atoms in total. The second kappa shape index (κ2) is 9.55. The Morgan fingerprint density at radius 3 is 2.59 bits per heavy atom. The topological polar surface area (TPSA) is 113 Å². The van der Waals surface area contributed by atoms with Gasteiger partial charge in [0.05, 0.1) is 19.8 Å². The van der Waals surface area contributed by atoms with Crippen molar-refractivity contribution in [3.8, 4) is 0 Å². The van der Waals surface area contributed by atoms with Crippen LogP contribution in [0.15, 0.2) is 65.6 Å². The van der Waals surface area contributed by atoms with Crippen LogP contribution >= 0.6 is 11.8 Å². The van der Waals surface area contributed by atoms with Gasteiger partial charge in [0.2, 0.25) is 4.93 Å². The number of methoxy groups -OCH3 is 1. The Morgan fingerprint density at radius 1 is 1.18 bits per heavy atom. The van der Waals surface area contributed by atoms with Crippen LogP contribution in [0.1, 0.15) is 18.3 Å². The fourth-order valence-corrected chi connectivity index (χ4v) is 5.74. The first-order chi connectivity index (χ1) is 16.5. The molecule has 2 aromatic carbocycles. The molecule has 3 aliphatic heterocycles. The molecule has 3 saturated heterocycles. The largest absolute Gasteiger partial charge is 0.466 e. The van der Waals surface area contributed by atoms with E-state index in [9.17, 15) is 14.7 Å². The molecule has 1 unspecified atom stereocenters. The van der Waals surface area contributed by atoms with Gasteiger partial charge in [0.15, 0.2) is 6.29 Å². The number of benzene rings is 2.